The number of hydrogen-bond donors (Lipinski definition) is 1. The second kappa shape index (κ2) is 2.40. The number of rotatable bonds is 0. The molecule has 0 aromatic carbocycles. The Kier molecular flexibility index (Phi) is 1.83. The fourth-order valence-electron chi connectivity index (χ4n) is 0.496. The summed E-state index contributed by atoms with van der Waals surface area (Å²) < 4.78 is 36.4. The molecule has 0 spiro atoms. The Morgan fingerprint density at radius 2 is 2.00 bits per heavy atom. The molecule has 0 saturated heterocycles. The molecule has 62 valence electrons. The van der Waals surface area contributed by atoms with Crippen LogP contribution in [0.1, 0.15) is 5.82 Å². The van der Waals surface area contributed by atoms with Crippen LogP contribution in [-0.4, -0.2) is 14.8 Å². The van der Waals surface area contributed by atoms with Crippen LogP contribution in [0.2, 0.25) is 0 Å². The number of aryl methyl sites for hydroxylation is 1. The minimum absolute atomic E-state index is 0.0580. The summed E-state index contributed by atoms with van der Waals surface area (Å²) in [7, 11) is 1.34. The first-order chi connectivity index (χ1) is 4.91. The van der Waals surface area contributed by atoms with Crippen LogP contribution in [0.5, 0.6) is 0 Å². The first kappa shape index (κ1) is 8.38. The summed E-state index contributed by atoms with van der Waals surface area (Å²) in [6.07, 6.45) is -4.49. The van der Waals surface area contributed by atoms with Gasteiger partial charge in [-0.15, -0.1) is 17.7 Å². The minimum Gasteiger partial charge on any atom is -0.244 e. The Balaban J connectivity index is 3.08. The SMILES string of the molecule is Cn1nc(C(F)(F)F)nc1S. The number of halogens is 3. The van der Waals surface area contributed by atoms with E-state index in [4.69, 9.17) is 0 Å². The molecule has 0 bridgehead atoms. The maximum atomic E-state index is 11.8. The summed E-state index contributed by atoms with van der Waals surface area (Å²) in [6.45, 7) is 0. The third-order valence-corrected chi connectivity index (χ3v) is 1.38. The summed E-state index contributed by atoms with van der Waals surface area (Å²) in [5.41, 5.74) is 0. The van der Waals surface area contributed by atoms with E-state index in [1.54, 1.807) is 0 Å². The normalized spacial score (nSPS) is 12.1. The quantitative estimate of drug-likeness (QED) is 0.611. The molecule has 0 N–H and O–H groups in total. The molecule has 11 heavy (non-hydrogen) atoms. The number of thiol groups is 1. The maximum absolute atomic E-state index is 11.8. The fraction of sp³-hybridized carbons (Fsp3) is 0.500. The average molecular weight is 183 g/mol. The number of hydrogen-bond acceptors (Lipinski definition) is 3. The number of nitrogens with zero attached hydrogens (tertiary/aromatic N) is 3. The van der Waals surface area contributed by atoms with Crippen LogP contribution in [0.15, 0.2) is 5.16 Å². The molecule has 1 rings (SSSR count). The molecule has 7 heteroatoms. The van der Waals surface area contributed by atoms with E-state index in [1.165, 1.54) is 7.05 Å². The Bertz CT molecular complexity index is 247. The van der Waals surface area contributed by atoms with Crippen molar-refractivity contribution < 1.29 is 13.2 Å². The predicted octanol–water partition coefficient (Wildman–Crippen LogP) is 1.12. The van der Waals surface area contributed by atoms with Gasteiger partial charge in [-0.05, 0) is 0 Å². The second-order valence-electron chi connectivity index (χ2n) is 1.86. The van der Waals surface area contributed by atoms with Crippen molar-refractivity contribution in [3.63, 3.8) is 0 Å². The molecular formula is C4H4F3N3S. The third kappa shape index (κ3) is 1.65. The highest BCUT2D eigenvalue weighted by molar-refractivity contribution is 7.80. The number of aromatic nitrogens is 3. The highest BCUT2D eigenvalue weighted by Crippen LogP contribution is 2.26. The van der Waals surface area contributed by atoms with Gasteiger partial charge in [-0.25, -0.2) is 4.68 Å². The first-order valence-corrected chi connectivity index (χ1v) is 3.03. The zero-order valence-electron chi connectivity index (χ0n) is 5.42. The summed E-state index contributed by atoms with van der Waals surface area (Å²) >= 11 is 3.64. The van der Waals surface area contributed by atoms with E-state index < -0.39 is 12.0 Å². The molecule has 0 radical (unpaired) electrons. The van der Waals surface area contributed by atoms with E-state index in [0.29, 0.717) is 0 Å². The van der Waals surface area contributed by atoms with Crippen molar-refractivity contribution in [1.82, 2.24) is 14.8 Å². The Morgan fingerprint density at radius 3 is 2.18 bits per heavy atom. The van der Waals surface area contributed by atoms with Crippen LogP contribution in [-0.2, 0) is 13.2 Å². The topological polar surface area (TPSA) is 30.7 Å². The van der Waals surface area contributed by atoms with E-state index in [2.05, 4.69) is 22.7 Å². The molecule has 0 amide bonds. The van der Waals surface area contributed by atoms with Gasteiger partial charge in [0.2, 0.25) is 0 Å². The molecule has 0 aliphatic rings. The van der Waals surface area contributed by atoms with Crippen molar-refractivity contribution in [2.45, 2.75) is 11.3 Å². The Morgan fingerprint density at radius 1 is 1.45 bits per heavy atom. The lowest BCUT2D eigenvalue weighted by Gasteiger charge is -1.97. The van der Waals surface area contributed by atoms with Gasteiger partial charge in [0.15, 0.2) is 5.16 Å². The van der Waals surface area contributed by atoms with E-state index >= 15 is 0 Å². The van der Waals surface area contributed by atoms with Crippen LogP contribution in [0, 0.1) is 0 Å². The van der Waals surface area contributed by atoms with Crippen molar-refractivity contribution in [3.8, 4) is 0 Å². The van der Waals surface area contributed by atoms with Gasteiger partial charge in [0.1, 0.15) is 0 Å². The summed E-state index contributed by atoms with van der Waals surface area (Å²) in [6, 6.07) is 0. The zero-order valence-corrected chi connectivity index (χ0v) is 6.32. The minimum atomic E-state index is -4.49. The lowest BCUT2D eigenvalue weighted by atomic mass is 10.6. The van der Waals surface area contributed by atoms with Crippen LogP contribution >= 0.6 is 12.6 Å². The average Bonchev–Trinajstić information content (AvgIpc) is 2.11. The molecule has 0 aliphatic heterocycles. The molecule has 0 fully saturated rings. The first-order valence-electron chi connectivity index (χ1n) is 2.58. The van der Waals surface area contributed by atoms with Gasteiger partial charge in [-0.1, -0.05) is 0 Å². The van der Waals surface area contributed by atoms with Crippen LogP contribution in [0.4, 0.5) is 13.2 Å². The van der Waals surface area contributed by atoms with Crippen LogP contribution in [0.3, 0.4) is 0 Å². The second-order valence-corrected chi connectivity index (χ2v) is 2.26. The molecule has 0 atom stereocenters. The highest BCUT2D eigenvalue weighted by Gasteiger charge is 2.36. The van der Waals surface area contributed by atoms with E-state index in [1.807, 2.05) is 0 Å². The largest absolute Gasteiger partial charge is 0.453 e. The summed E-state index contributed by atoms with van der Waals surface area (Å²) in [4.78, 5) is 3.07. The van der Waals surface area contributed by atoms with E-state index in [-0.39, 0.29) is 5.16 Å². The molecule has 0 unspecified atom stereocenters. The lowest BCUT2D eigenvalue weighted by Crippen LogP contribution is -2.08. The van der Waals surface area contributed by atoms with E-state index in [0.717, 1.165) is 4.68 Å². The smallest absolute Gasteiger partial charge is 0.244 e. The van der Waals surface area contributed by atoms with Gasteiger partial charge in [-0.3, -0.25) is 0 Å². The van der Waals surface area contributed by atoms with Gasteiger partial charge in [0.05, 0.1) is 0 Å². The van der Waals surface area contributed by atoms with Crippen molar-refractivity contribution in [3.05, 3.63) is 5.82 Å². The van der Waals surface area contributed by atoms with Crippen molar-refractivity contribution in [2.75, 3.05) is 0 Å². The summed E-state index contributed by atoms with van der Waals surface area (Å²) in [5.74, 6) is -1.16. The molecule has 0 aliphatic carbocycles. The molecule has 1 aromatic heterocycles. The summed E-state index contributed by atoms with van der Waals surface area (Å²) in [5, 5.41) is 3.03. The van der Waals surface area contributed by atoms with Crippen LogP contribution in [0.25, 0.3) is 0 Å². The molecule has 0 saturated carbocycles. The van der Waals surface area contributed by atoms with Crippen molar-refractivity contribution >= 4 is 12.6 Å². The predicted molar refractivity (Wildman–Crippen MR) is 33.3 cm³/mol. The molecule has 1 heterocycles. The van der Waals surface area contributed by atoms with Crippen molar-refractivity contribution in [2.24, 2.45) is 7.05 Å². The lowest BCUT2D eigenvalue weighted by molar-refractivity contribution is -0.145. The van der Waals surface area contributed by atoms with Gasteiger partial charge in [-0.2, -0.15) is 18.2 Å². The van der Waals surface area contributed by atoms with Crippen LogP contribution < -0.4 is 0 Å². The number of alkyl halides is 3. The fourth-order valence-corrected chi connectivity index (χ4v) is 0.636. The van der Waals surface area contributed by atoms with E-state index in [9.17, 15) is 13.2 Å². The monoisotopic (exact) mass is 183 g/mol. The van der Waals surface area contributed by atoms with Gasteiger partial charge in [0.25, 0.3) is 5.82 Å². The Labute approximate surface area is 65.6 Å². The van der Waals surface area contributed by atoms with Gasteiger partial charge >= 0.3 is 6.18 Å². The van der Waals surface area contributed by atoms with Gasteiger partial charge < -0.3 is 0 Å². The molecular weight excluding hydrogens is 179 g/mol. The molecule has 3 nitrogen and oxygen atoms in total. The standard InChI is InChI=1S/C4H4F3N3S/c1-10-3(11)8-2(9-10)4(5,6)7/h1H3,(H,8,9,11). The van der Waals surface area contributed by atoms with Crippen molar-refractivity contribution in [1.29, 1.82) is 0 Å². The third-order valence-electron chi connectivity index (χ3n) is 0.994. The van der Waals surface area contributed by atoms with Gasteiger partial charge in [0, 0.05) is 7.05 Å². The Hall–Kier alpha value is -0.720. The maximum Gasteiger partial charge on any atom is 0.453 e. The zero-order chi connectivity index (χ0) is 8.65. The highest BCUT2D eigenvalue weighted by atomic mass is 32.1. The molecule has 1 aromatic rings.